The Morgan fingerprint density at radius 1 is 1.06 bits per heavy atom. The summed E-state index contributed by atoms with van der Waals surface area (Å²) >= 11 is 0. The number of nitrogens with one attached hydrogen (secondary N) is 2. The zero-order chi connectivity index (χ0) is 22.3. The number of rotatable bonds is 8. The van der Waals surface area contributed by atoms with Crippen molar-refractivity contribution in [1.82, 2.24) is 20.1 Å². The number of carbonyl (C=O) groups is 1. The Kier molecular flexibility index (Phi) is 6.30. The second-order valence-electron chi connectivity index (χ2n) is 9.94. The first-order valence-corrected chi connectivity index (χ1v) is 13.6. The first-order valence-electron chi connectivity index (χ1n) is 12.1. The average molecular weight is 467 g/mol. The molecule has 2 saturated carbocycles. The minimum absolute atomic E-state index is 0.0337. The van der Waals surface area contributed by atoms with E-state index in [1.54, 1.807) is 10.4 Å². The number of sulfonamides is 1. The van der Waals surface area contributed by atoms with Crippen molar-refractivity contribution in [3.63, 3.8) is 0 Å². The number of aromatic nitrogens is 1. The lowest BCUT2D eigenvalue weighted by molar-refractivity contribution is 0.0899. The van der Waals surface area contributed by atoms with Crippen LogP contribution < -0.4 is 10.6 Å². The fraction of sp³-hybridized carbons (Fsp3) is 0.818. The lowest BCUT2D eigenvalue weighted by Crippen LogP contribution is -2.55. The molecule has 1 unspecified atom stereocenters. The molecule has 5 rings (SSSR count). The van der Waals surface area contributed by atoms with Crippen LogP contribution in [-0.2, 0) is 10.0 Å². The molecule has 9 nitrogen and oxygen atoms in total. The number of nitrogens with zero attached hydrogens (tertiary/aromatic N) is 2. The van der Waals surface area contributed by atoms with E-state index in [1.165, 1.54) is 0 Å². The third kappa shape index (κ3) is 4.47. The number of hydrogen-bond donors (Lipinski definition) is 3. The minimum atomic E-state index is -3.35. The molecule has 0 aromatic carbocycles. The Morgan fingerprint density at radius 3 is 2.38 bits per heavy atom. The maximum atomic E-state index is 13.5. The molecule has 2 aliphatic carbocycles. The Labute approximate surface area is 189 Å². The lowest BCUT2D eigenvalue weighted by atomic mass is 9.95. The van der Waals surface area contributed by atoms with Crippen molar-refractivity contribution in [3.05, 3.63) is 17.5 Å². The zero-order valence-corrected chi connectivity index (χ0v) is 19.2. The predicted molar refractivity (Wildman–Crippen MR) is 118 cm³/mol. The minimum Gasteiger partial charge on any atom is -0.395 e. The van der Waals surface area contributed by atoms with Gasteiger partial charge in [0.2, 0.25) is 10.0 Å². The Bertz CT molecular complexity index is 909. The van der Waals surface area contributed by atoms with Gasteiger partial charge in [-0.2, -0.15) is 4.31 Å². The number of hydrogen-bond acceptors (Lipinski definition) is 7. The van der Waals surface area contributed by atoms with E-state index in [0.717, 1.165) is 44.3 Å². The van der Waals surface area contributed by atoms with E-state index in [9.17, 15) is 13.2 Å². The highest BCUT2D eigenvalue weighted by Crippen LogP contribution is 2.42. The molecule has 3 N–H and O–H groups in total. The van der Waals surface area contributed by atoms with Gasteiger partial charge in [-0.25, -0.2) is 8.42 Å². The van der Waals surface area contributed by atoms with Crippen molar-refractivity contribution < 1.29 is 22.8 Å². The van der Waals surface area contributed by atoms with Crippen LogP contribution in [0.25, 0.3) is 0 Å². The summed E-state index contributed by atoms with van der Waals surface area (Å²) in [4.78, 5) is 12.6. The average Bonchev–Trinajstić information content (AvgIpc) is 3.44. The normalized spacial score (nSPS) is 33.3. The Morgan fingerprint density at radius 2 is 1.75 bits per heavy atom. The predicted octanol–water partition coefficient (Wildman–Crippen LogP) is 1.50. The van der Waals surface area contributed by atoms with Crippen LogP contribution in [0.1, 0.15) is 86.4 Å². The second kappa shape index (κ2) is 9.04. The van der Waals surface area contributed by atoms with Gasteiger partial charge in [0.05, 0.1) is 11.9 Å². The molecule has 0 spiro atoms. The number of fused-ring (bicyclic) bond motifs is 2. The molecule has 4 fully saturated rings. The molecule has 2 saturated heterocycles. The highest BCUT2D eigenvalue weighted by atomic mass is 32.2. The molecule has 1 amide bonds. The van der Waals surface area contributed by atoms with Crippen molar-refractivity contribution in [3.8, 4) is 0 Å². The molecule has 178 valence electrons. The first kappa shape index (κ1) is 22.3. The van der Waals surface area contributed by atoms with Gasteiger partial charge in [-0.05, 0) is 64.2 Å². The van der Waals surface area contributed by atoms with E-state index in [0.29, 0.717) is 49.9 Å². The molecule has 2 aliphatic heterocycles. The molecule has 1 aromatic heterocycles. The van der Waals surface area contributed by atoms with Gasteiger partial charge in [-0.3, -0.25) is 4.79 Å². The zero-order valence-electron chi connectivity index (χ0n) is 18.4. The van der Waals surface area contributed by atoms with Crippen molar-refractivity contribution in [2.75, 3.05) is 13.2 Å². The fourth-order valence-electron chi connectivity index (χ4n) is 5.89. The third-order valence-electron chi connectivity index (χ3n) is 7.68. The SMILES string of the molecule is O=C(NC1C[C@H]2CC[C@@H](C1)N2S(=O)(=O)C1CCC(NCCO)CC1)c1cc(C2CC2)on1. The molecule has 0 radical (unpaired) electrons. The van der Waals surface area contributed by atoms with Crippen LogP contribution in [0.2, 0.25) is 0 Å². The topological polar surface area (TPSA) is 125 Å². The number of amides is 1. The fourth-order valence-corrected chi connectivity index (χ4v) is 8.32. The van der Waals surface area contributed by atoms with Crippen molar-refractivity contribution in [2.24, 2.45) is 0 Å². The maximum absolute atomic E-state index is 13.5. The molecular weight excluding hydrogens is 432 g/mol. The van der Waals surface area contributed by atoms with Gasteiger partial charge >= 0.3 is 0 Å². The van der Waals surface area contributed by atoms with E-state index in [4.69, 9.17) is 9.63 Å². The molecule has 1 aromatic rings. The maximum Gasteiger partial charge on any atom is 0.273 e. The molecule has 3 atom stereocenters. The van der Waals surface area contributed by atoms with E-state index < -0.39 is 10.0 Å². The summed E-state index contributed by atoms with van der Waals surface area (Å²) in [5.74, 6) is 0.973. The van der Waals surface area contributed by atoms with Gasteiger partial charge in [0.25, 0.3) is 5.91 Å². The third-order valence-corrected chi connectivity index (χ3v) is 10.2. The van der Waals surface area contributed by atoms with Crippen molar-refractivity contribution in [2.45, 2.75) is 99.5 Å². The van der Waals surface area contributed by atoms with Crippen molar-refractivity contribution in [1.29, 1.82) is 0 Å². The molecule has 10 heteroatoms. The van der Waals surface area contributed by atoms with Crippen LogP contribution in [0.15, 0.2) is 10.6 Å². The monoisotopic (exact) mass is 466 g/mol. The van der Waals surface area contributed by atoms with Gasteiger partial charge in [-0.1, -0.05) is 5.16 Å². The van der Waals surface area contributed by atoms with Gasteiger partial charge in [-0.15, -0.1) is 0 Å². The van der Waals surface area contributed by atoms with Crippen molar-refractivity contribution >= 4 is 15.9 Å². The molecule has 3 heterocycles. The van der Waals surface area contributed by atoms with E-state index in [-0.39, 0.29) is 35.9 Å². The number of piperidine rings is 1. The number of aliphatic hydroxyl groups is 1. The summed E-state index contributed by atoms with van der Waals surface area (Å²) in [5.41, 5.74) is 0.320. The van der Waals surface area contributed by atoms with E-state index in [1.807, 2.05) is 0 Å². The number of aliphatic hydroxyl groups excluding tert-OH is 1. The highest BCUT2D eigenvalue weighted by molar-refractivity contribution is 7.89. The highest BCUT2D eigenvalue weighted by Gasteiger charge is 2.49. The Hall–Kier alpha value is -1.49. The standard InChI is InChI=1S/C22H34N4O5S/c27-10-9-23-15-3-7-19(8-4-15)32(29,30)26-17-5-6-18(26)12-16(11-17)24-22(28)20-13-21(31-25-20)14-1-2-14/h13-19,23,27H,1-12H2,(H,24,28)/t15?,16?,17-,18+,19?. The summed E-state index contributed by atoms with van der Waals surface area (Å²) in [6, 6.07) is 1.93. The van der Waals surface area contributed by atoms with Gasteiger partial charge in [0.15, 0.2) is 5.69 Å². The number of carbonyl (C=O) groups excluding carboxylic acids is 1. The van der Waals surface area contributed by atoms with Gasteiger partial charge < -0.3 is 20.3 Å². The molecule has 4 aliphatic rings. The van der Waals surface area contributed by atoms with Crippen LogP contribution in [0.5, 0.6) is 0 Å². The van der Waals surface area contributed by atoms with Crippen LogP contribution in [0, 0.1) is 0 Å². The van der Waals surface area contributed by atoms with Crippen LogP contribution in [-0.4, -0.2) is 71.5 Å². The summed E-state index contributed by atoms with van der Waals surface area (Å²) in [7, 11) is -3.35. The molecular formula is C22H34N4O5S. The second-order valence-corrected chi connectivity index (χ2v) is 12.1. The molecule has 2 bridgehead atoms. The largest absolute Gasteiger partial charge is 0.395 e. The summed E-state index contributed by atoms with van der Waals surface area (Å²) in [6.45, 7) is 0.660. The van der Waals surface area contributed by atoms with Crippen LogP contribution in [0.3, 0.4) is 0 Å². The first-order chi connectivity index (χ1) is 15.5. The smallest absolute Gasteiger partial charge is 0.273 e. The summed E-state index contributed by atoms with van der Waals surface area (Å²) in [6.07, 6.45) is 8.19. The van der Waals surface area contributed by atoms with Crippen LogP contribution >= 0.6 is 0 Å². The molecule has 32 heavy (non-hydrogen) atoms. The van der Waals surface area contributed by atoms with E-state index in [2.05, 4.69) is 15.8 Å². The Balaban J connectivity index is 1.18. The summed E-state index contributed by atoms with van der Waals surface area (Å²) < 4.78 is 34.1. The van der Waals surface area contributed by atoms with Gasteiger partial charge in [0, 0.05) is 42.7 Å². The van der Waals surface area contributed by atoms with Gasteiger partial charge in [0.1, 0.15) is 5.76 Å². The summed E-state index contributed by atoms with van der Waals surface area (Å²) in [5, 5.41) is 18.9. The quantitative estimate of drug-likeness (QED) is 0.530. The lowest BCUT2D eigenvalue weighted by Gasteiger charge is -2.41. The van der Waals surface area contributed by atoms with Crippen LogP contribution in [0.4, 0.5) is 0 Å². The van der Waals surface area contributed by atoms with E-state index >= 15 is 0 Å².